The first-order valence-electron chi connectivity index (χ1n) is 7.12. The molecule has 0 radical (unpaired) electrons. The monoisotopic (exact) mass is 269 g/mol. The van der Waals surface area contributed by atoms with Gasteiger partial charge in [-0.05, 0) is 68.8 Å². The molecule has 0 saturated carbocycles. The third kappa shape index (κ3) is 3.23. The standard InChI is InChI=1S/C17H23N3/c1-4-20(5-2)16-9-6-14(7-10-16)19-15-8-11-17(18)13(3)12-15/h6-12,19H,4-5,18H2,1-3H3. The Labute approximate surface area is 121 Å². The third-order valence-electron chi connectivity index (χ3n) is 3.55. The number of rotatable bonds is 5. The van der Waals surface area contributed by atoms with Crippen LogP contribution in [-0.4, -0.2) is 13.1 Å². The van der Waals surface area contributed by atoms with Gasteiger partial charge in [0.25, 0.3) is 0 Å². The molecule has 0 spiro atoms. The van der Waals surface area contributed by atoms with Crippen molar-refractivity contribution in [1.82, 2.24) is 0 Å². The molecule has 106 valence electrons. The molecule has 0 atom stereocenters. The van der Waals surface area contributed by atoms with E-state index in [1.807, 2.05) is 19.1 Å². The lowest BCUT2D eigenvalue weighted by molar-refractivity contribution is 0.866. The van der Waals surface area contributed by atoms with Crippen molar-refractivity contribution in [2.24, 2.45) is 0 Å². The SMILES string of the molecule is CCN(CC)c1ccc(Nc2ccc(N)c(C)c2)cc1. The third-order valence-corrected chi connectivity index (χ3v) is 3.55. The van der Waals surface area contributed by atoms with Crippen LogP contribution in [0, 0.1) is 6.92 Å². The first kappa shape index (κ1) is 14.3. The molecule has 3 N–H and O–H groups in total. The van der Waals surface area contributed by atoms with Gasteiger partial charge in [-0.25, -0.2) is 0 Å². The Bertz CT molecular complexity index is 557. The van der Waals surface area contributed by atoms with Crippen LogP contribution in [0.1, 0.15) is 19.4 Å². The molecule has 0 aromatic heterocycles. The Balaban J connectivity index is 2.12. The number of nitrogens with zero attached hydrogens (tertiary/aromatic N) is 1. The summed E-state index contributed by atoms with van der Waals surface area (Å²) in [7, 11) is 0. The van der Waals surface area contributed by atoms with Crippen molar-refractivity contribution < 1.29 is 0 Å². The lowest BCUT2D eigenvalue weighted by Gasteiger charge is -2.21. The number of hydrogen-bond acceptors (Lipinski definition) is 3. The van der Waals surface area contributed by atoms with Gasteiger partial charge in [0.15, 0.2) is 0 Å². The van der Waals surface area contributed by atoms with Crippen molar-refractivity contribution >= 4 is 22.7 Å². The number of anilines is 4. The Morgan fingerprint density at radius 1 is 0.950 bits per heavy atom. The molecule has 0 aliphatic heterocycles. The second-order valence-electron chi connectivity index (χ2n) is 4.92. The fraction of sp³-hybridized carbons (Fsp3) is 0.294. The van der Waals surface area contributed by atoms with E-state index in [-0.39, 0.29) is 0 Å². The first-order chi connectivity index (χ1) is 9.63. The molecule has 2 rings (SSSR count). The minimum absolute atomic E-state index is 0.826. The molecule has 3 nitrogen and oxygen atoms in total. The number of aryl methyl sites for hydroxylation is 1. The van der Waals surface area contributed by atoms with E-state index in [0.717, 1.165) is 35.7 Å². The van der Waals surface area contributed by atoms with Gasteiger partial charge in [-0.2, -0.15) is 0 Å². The second-order valence-corrected chi connectivity index (χ2v) is 4.92. The Morgan fingerprint density at radius 3 is 2.10 bits per heavy atom. The zero-order valence-corrected chi connectivity index (χ0v) is 12.5. The topological polar surface area (TPSA) is 41.3 Å². The summed E-state index contributed by atoms with van der Waals surface area (Å²) >= 11 is 0. The lowest BCUT2D eigenvalue weighted by Crippen LogP contribution is -2.21. The van der Waals surface area contributed by atoms with E-state index >= 15 is 0 Å². The quantitative estimate of drug-likeness (QED) is 0.801. The van der Waals surface area contributed by atoms with E-state index in [0.29, 0.717) is 0 Å². The van der Waals surface area contributed by atoms with Crippen molar-refractivity contribution in [2.75, 3.05) is 29.0 Å². The molecule has 3 heteroatoms. The van der Waals surface area contributed by atoms with Crippen LogP contribution in [0.15, 0.2) is 42.5 Å². The summed E-state index contributed by atoms with van der Waals surface area (Å²) < 4.78 is 0. The molecule has 2 aromatic carbocycles. The average Bonchev–Trinajstić information content (AvgIpc) is 2.46. The van der Waals surface area contributed by atoms with Crippen molar-refractivity contribution in [2.45, 2.75) is 20.8 Å². The van der Waals surface area contributed by atoms with Gasteiger partial charge in [0.2, 0.25) is 0 Å². The van der Waals surface area contributed by atoms with Gasteiger partial charge in [-0.3, -0.25) is 0 Å². The highest BCUT2D eigenvalue weighted by atomic mass is 15.1. The van der Waals surface area contributed by atoms with Crippen LogP contribution in [-0.2, 0) is 0 Å². The zero-order chi connectivity index (χ0) is 14.5. The van der Waals surface area contributed by atoms with E-state index in [9.17, 15) is 0 Å². The van der Waals surface area contributed by atoms with Crippen molar-refractivity contribution in [3.05, 3.63) is 48.0 Å². The van der Waals surface area contributed by atoms with Gasteiger partial charge in [0.1, 0.15) is 0 Å². The fourth-order valence-corrected chi connectivity index (χ4v) is 2.26. The van der Waals surface area contributed by atoms with Crippen LogP contribution >= 0.6 is 0 Å². The summed E-state index contributed by atoms with van der Waals surface area (Å²) in [6, 6.07) is 14.5. The van der Waals surface area contributed by atoms with Crippen LogP contribution in [0.3, 0.4) is 0 Å². The maximum Gasteiger partial charge on any atom is 0.0388 e. The van der Waals surface area contributed by atoms with Gasteiger partial charge in [-0.1, -0.05) is 0 Å². The molecule has 0 aliphatic carbocycles. The van der Waals surface area contributed by atoms with Gasteiger partial charge >= 0.3 is 0 Å². The van der Waals surface area contributed by atoms with Crippen molar-refractivity contribution in [1.29, 1.82) is 0 Å². The number of nitrogen functional groups attached to an aromatic ring is 1. The van der Waals surface area contributed by atoms with Crippen molar-refractivity contribution in [3.63, 3.8) is 0 Å². The molecule has 0 unspecified atom stereocenters. The van der Waals surface area contributed by atoms with E-state index in [1.54, 1.807) is 0 Å². The minimum Gasteiger partial charge on any atom is -0.399 e. The van der Waals surface area contributed by atoms with Crippen LogP contribution < -0.4 is 16.0 Å². The molecule has 2 aromatic rings. The molecular formula is C17H23N3. The fourth-order valence-electron chi connectivity index (χ4n) is 2.26. The summed E-state index contributed by atoms with van der Waals surface area (Å²) in [6.07, 6.45) is 0. The molecule has 0 bridgehead atoms. The summed E-state index contributed by atoms with van der Waals surface area (Å²) in [4.78, 5) is 2.33. The van der Waals surface area contributed by atoms with Gasteiger partial charge in [0, 0.05) is 35.8 Å². The van der Waals surface area contributed by atoms with Crippen LogP contribution in [0.4, 0.5) is 22.7 Å². The first-order valence-corrected chi connectivity index (χ1v) is 7.12. The average molecular weight is 269 g/mol. The summed E-state index contributed by atoms with van der Waals surface area (Å²) in [5.74, 6) is 0. The van der Waals surface area contributed by atoms with E-state index in [2.05, 4.69) is 54.4 Å². The Kier molecular flexibility index (Phi) is 4.51. The molecule has 0 amide bonds. The molecule has 0 fully saturated rings. The molecule has 0 heterocycles. The Hall–Kier alpha value is -2.16. The van der Waals surface area contributed by atoms with E-state index in [4.69, 9.17) is 5.73 Å². The largest absolute Gasteiger partial charge is 0.399 e. The highest BCUT2D eigenvalue weighted by Gasteiger charge is 2.02. The summed E-state index contributed by atoms with van der Waals surface area (Å²) in [5, 5.41) is 3.40. The lowest BCUT2D eigenvalue weighted by atomic mass is 10.1. The molecule has 20 heavy (non-hydrogen) atoms. The zero-order valence-electron chi connectivity index (χ0n) is 12.5. The maximum atomic E-state index is 5.83. The van der Waals surface area contributed by atoms with Gasteiger partial charge in [-0.15, -0.1) is 0 Å². The van der Waals surface area contributed by atoms with Crippen molar-refractivity contribution in [3.8, 4) is 0 Å². The molecular weight excluding hydrogens is 246 g/mol. The highest BCUT2D eigenvalue weighted by molar-refractivity contribution is 5.66. The van der Waals surface area contributed by atoms with Crippen LogP contribution in [0.5, 0.6) is 0 Å². The Morgan fingerprint density at radius 2 is 1.55 bits per heavy atom. The second kappa shape index (κ2) is 6.33. The van der Waals surface area contributed by atoms with Gasteiger partial charge < -0.3 is 16.0 Å². The minimum atomic E-state index is 0.826. The maximum absolute atomic E-state index is 5.83. The summed E-state index contributed by atoms with van der Waals surface area (Å²) in [6.45, 7) is 8.42. The van der Waals surface area contributed by atoms with Crippen LogP contribution in [0.2, 0.25) is 0 Å². The molecule has 0 aliphatic rings. The predicted molar refractivity (Wildman–Crippen MR) is 88.9 cm³/mol. The highest BCUT2D eigenvalue weighted by Crippen LogP contribution is 2.23. The number of nitrogens with one attached hydrogen (secondary N) is 1. The summed E-state index contributed by atoms with van der Waals surface area (Å²) in [5.41, 5.74) is 11.2. The van der Waals surface area contributed by atoms with E-state index < -0.39 is 0 Å². The number of nitrogens with two attached hydrogens (primary N) is 1. The van der Waals surface area contributed by atoms with Crippen LogP contribution in [0.25, 0.3) is 0 Å². The smallest absolute Gasteiger partial charge is 0.0388 e. The predicted octanol–water partition coefficient (Wildman–Crippen LogP) is 4.17. The normalized spacial score (nSPS) is 10.3. The van der Waals surface area contributed by atoms with E-state index in [1.165, 1.54) is 5.69 Å². The van der Waals surface area contributed by atoms with Gasteiger partial charge in [0.05, 0.1) is 0 Å². The molecule has 0 saturated heterocycles. The number of benzene rings is 2. The number of hydrogen-bond donors (Lipinski definition) is 2.